The van der Waals surface area contributed by atoms with Crippen LogP contribution in [-0.2, 0) is 23.8 Å². The lowest BCUT2D eigenvalue weighted by molar-refractivity contribution is -0.241. The van der Waals surface area contributed by atoms with Crippen LogP contribution in [0.5, 0.6) is 0 Å². The van der Waals surface area contributed by atoms with E-state index in [9.17, 15) is 14.4 Å². The summed E-state index contributed by atoms with van der Waals surface area (Å²) < 4.78 is 14.9. The average Bonchev–Trinajstić information content (AvgIpc) is 2.19. The smallest absolute Gasteiger partial charge is 0.404 e. The second-order valence-corrected chi connectivity index (χ2v) is 5.25. The normalized spacial score (nSPS) is 20.7. The summed E-state index contributed by atoms with van der Waals surface area (Å²) in [7, 11) is 0. The molecule has 1 atom stereocenters. The Morgan fingerprint density at radius 3 is 2.16 bits per heavy atom. The molecule has 1 fully saturated rings. The molecular weight excluding hydrogens is 254 g/mol. The fraction of sp³-hybridized carbons (Fsp3) is 0.750. The zero-order valence-electron chi connectivity index (χ0n) is 11.5. The maximum atomic E-state index is 11.8. The summed E-state index contributed by atoms with van der Waals surface area (Å²) >= 11 is 0. The Morgan fingerprint density at radius 1 is 1.32 bits per heavy atom. The number of cyclic esters (lactones) is 2. The molecule has 7 heteroatoms. The van der Waals surface area contributed by atoms with Gasteiger partial charge in [0, 0.05) is 20.3 Å². The van der Waals surface area contributed by atoms with E-state index >= 15 is 0 Å². The van der Waals surface area contributed by atoms with Gasteiger partial charge >= 0.3 is 18.0 Å². The first-order chi connectivity index (χ1) is 8.62. The van der Waals surface area contributed by atoms with Crippen LogP contribution in [-0.4, -0.2) is 29.9 Å². The van der Waals surface area contributed by atoms with Gasteiger partial charge in [-0.25, -0.2) is 4.79 Å². The van der Waals surface area contributed by atoms with Gasteiger partial charge in [-0.15, -0.1) is 0 Å². The molecule has 1 rings (SSSR count). The number of primary amides is 1. The summed E-state index contributed by atoms with van der Waals surface area (Å²) in [5, 5.41) is 0. The van der Waals surface area contributed by atoms with Gasteiger partial charge in [0.25, 0.3) is 5.79 Å². The first-order valence-corrected chi connectivity index (χ1v) is 6.04. The molecular formula is C12H19NO6. The minimum Gasteiger partial charge on any atom is -0.446 e. The van der Waals surface area contributed by atoms with Gasteiger partial charge in [-0.2, -0.15) is 0 Å². The van der Waals surface area contributed by atoms with Gasteiger partial charge in [0.1, 0.15) is 6.10 Å². The summed E-state index contributed by atoms with van der Waals surface area (Å²) in [4.78, 5) is 34.3. The molecule has 1 aliphatic heterocycles. The van der Waals surface area contributed by atoms with Crippen LogP contribution < -0.4 is 5.73 Å². The Kier molecular flexibility index (Phi) is 4.39. The SMILES string of the molecule is CC(C)C(CC1C(=O)OC(C)(C)OC1=O)OC(N)=O. The predicted molar refractivity (Wildman–Crippen MR) is 63.7 cm³/mol. The van der Waals surface area contributed by atoms with E-state index in [1.54, 1.807) is 13.8 Å². The van der Waals surface area contributed by atoms with Crippen molar-refractivity contribution in [3.05, 3.63) is 0 Å². The van der Waals surface area contributed by atoms with Crippen LogP contribution in [0.15, 0.2) is 0 Å². The number of amides is 1. The van der Waals surface area contributed by atoms with Gasteiger partial charge < -0.3 is 19.9 Å². The number of esters is 2. The third-order valence-electron chi connectivity index (χ3n) is 2.74. The molecule has 1 amide bonds. The summed E-state index contributed by atoms with van der Waals surface area (Å²) in [5.74, 6) is -3.81. The van der Waals surface area contributed by atoms with E-state index in [0.717, 1.165) is 0 Å². The second kappa shape index (κ2) is 5.46. The summed E-state index contributed by atoms with van der Waals surface area (Å²) in [5.41, 5.74) is 4.96. The Bertz CT molecular complexity index is 370. The first-order valence-electron chi connectivity index (χ1n) is 6.04. The molecule has 0 radical (unpaired) electrons. The zero-order chi connectivity index (χ0) is 14.8. The van der Waals surface area contributed by atoms with Gasteiger partial charge in [-0.1, -0.05) is 13.8 Å². The van der Waals surface area contributed by atoms with Gasteiger partial charge in [-0.3, -0.25) is 9.59 Å². The lowest BCUT2D eigenvalue weighted by atomic mass is 9.94. The molecule has 0 aromatic heterocycles. The molecule has 19 heavy (non-hydrogen) atoms. The largest absolute Gasteiger partial charge is 0.446 e. The number of rotatable bonds is 4. The van der Waals surface area contributed by atoms with Crippen LogP contribution in [0.4, 0.5) is 4.79 Å². The number of carbonyl (C=O) groups excluding carboxylic acids is 3. The lowest BCUT2D eigenvalue weighted by Gasteiger charge is -2.34. The minimum absolute atomic E-state index is 0.00560. The van der Waals surface area contributed by atoms with Crippen molar-refractivity contribution >= 4 is 18.0 Å². The highest BCUT2D eigenvalue weighted by Crippen LogP contribution is 2.28. The molecule has 0 aromatic rings. The van der Waals surface area contributed by atoms with Crippen molar-refractivity contribution < 1.29 is 28.6 Å². The molecule has 108 valence electrons. The van der Waals surface area contributed by atoms with Crippen molar-refractivity contribution in [2.45, 2.75) is 46.0 Å². The second-order valence-electron chi connectivity index (χ2n) is 5.25. The number of carbonyl (C=O) groups is 3. The maximum Gasteiger partial charge on any atom is 0.404 e. The Hall–Kier alpha value is -1.79. The minimum atomic E-state index is -1.26. The molecule has 7 nitrogen and oxygen atoms in total. The van der Waals surface area contributed by atoms with Crippen molar-refractivity contribution in [3.63, 3.8) is 0 Å². The Labute approximate surface area is 111 Å². The number of ether oxygens (including phenoxy) is 3. The molecule has 0 saturated carbocycles. The fourth-order valence-corrected chi connectivity index (χ4v) is 1.77. The van der Waals surface area contributed by atoms with Crippen LogP contribution in [0.3, 0.4) is 0 Å². The standard InChI is InChI=1S/C12H19NO6/c1-6(2)8(17-11(13)16)5-7-9(14)18-12(3,4)19-10(7)15/h6-8H,5H2,1-4H3,(H2,13,16). The van der Waals surface area contributed by atoms with Gasteiger partial charge in [0.15, 0.2) is 5.92 Å². The Morgan fingerprint density at radius 2 is 1.79 bits per heavy atom. The van der Waals surface area contributed by atoms with Crippen molar-refractivity contribution in [2.75, 3.05) is 0 Å². The van der Waals surface area contributed by atoms with Crippen molar-refractivity contribution in [3.8, 4) is 0 Å². The molecule has 2 N–H and O–H groups in total. The van der Waals surface area contributed by atoms with Crippen LogP contribution >= 0.6 is 0 Å². The molecule has 1 saturated heterocycles. The van der Waals surface area contributed by atoms with E-state index in [1.807, 2.05) is 0 Å². The van der Waals surface area contributed by atoms with Gasteiger partial charge in [0.05, 0.1) is 0 Å². The Balaban J connectivity index is 2.76. The van der Waals surface area contributed by atoms with E-state index in [2.05, 4.69) is 0 Å². The number of hydrogen-bond donors (Lipinski definition) is 1. The average molecular weight is 273 g/mol. The third kappa shape index (κ3) is 4.11. The molecule has 0 aliphatic carbocycles. The van der Waals surface area contributed by atoms with Gasteiger partial charge in [0.2, 0.25) is 0 Å². The van der Waals surface area contributed by atoms with E-state index in [4.69, 9.17) is 19.9 Å². The van der Waals surface area contributed by atoms with E-state index in [-0.39, 0.29) is 12.3 Å². The van der Waals surface area contributed by atoms with E-state index in [1.165, 1.54) is 13.8 Å². The first kappa shape index (κ1) is 15.3. The van der Waals surface area contributed by atoms with Crippen LogP contribution in [0.25, 0.3) is 0 Å². The summed E-state index contributed by atoms with van der Waals surface area (Å²) in [6.07, 6.45) is -1.60. The summed E-state index contributed by atoms with van der Waals surface area (Å²) in [6.45, 7) is 6.52. The molecule has 1 aliphatic rings. The van der Waals surface area contributed by atoms with Crippen molar-refractivity contribution in [1.82, 2.24) is 0 Å². The highest BCUT2D eigenvalue weighted by atomic mass is 16.7. The number of hydrogen-bond acceptors (Lipinski definition) is 6. The highest BCUT2D eigenvalue weighted by molar-refractivity contribution is 5.96. The maximum absolute atomic E-state index is 11.8. The van der Waals surface area contributed by atoms with E-state index < -0.39 is 35.8 Å². The monoisotopic (exact) mass is 273 g/mol. The topological polar surface area (TPSA) is 105 Å². The highest BCUT2D eigenvalue weighted by Gasteiger charge is 2.44. The third-order valence-corrected chi connectivity index (χ3v) is 2.74. The van der Waals surface area contributed by atoms with E-state index in [0.29, 0.717) is 0 Å². The molecule has 1 heterocycles. The van der Waals surface area contributed by atoms with Crippen LogP contribution in [0.2, 0.25) is 0 Å². The zero-order valence-corrected chi connectivity index (χ0v) is 11.5. The van der Waals surface area contributed by atoms with Crippen molar-refractivity contribution in [1.29, 1.82) is 0 Å². The predicted octanol–water partition coefficient (Wildman–Crippen LogP) is 0.949. The molecule has 1 unspecified atom stereocenters. The molecule has 0 bridgehead atoms. The van der Waals surface area contributed by atoms with Gasteiger partial charge in [-0.05, 0) is 5.92 Å². The molecule has 0 aromatic carbocycles. The quantitative estimate of drug-likeness (QED) is 0.604. The molecule has 0 spiro atoms. The van der Waals surface area contributed by atoms with Crippen molar-refractivity contribution in [2.24, 2.45) is 17.6 Å². The summed E-state index contributed by atoms with van der Waals surface area (Å²) in [6, 6.07) is 0. The van der Waals surface area contributed by atoms with Crippen LogP contribution in [0.1, 0.15) is 34.1 Å². The lowest BCUT2D eigenvalue weighted by Crippen LogP contribution is -2.48. The fourth-order valence-electron chi connectivity index (χ4n) is 1.77. The van der Waals surface area contributed by atoms with Crippen LogP contribution in [0, 0.1) is 11.8 Å². The number of nitrogens with two attached hydrogens (primary N) is 1.